The fraction of sp³-hybridized carbons (Fsp3) is 0.0435. The Morgan fingerprint density at radius 2 is 1.62 bits per heavy atom. The quantitative estimate of drug-likeness (QED) is 0.233. The van der Waals surface area contributed by atoms with E-state index in [9.17, 15) is 0 Å². The molecule has 0 amide bonds. The number of halogens is 2. The molecule has 6 heteroatoms. The number of hydrogen-bond donors (Lipinski definition) is 1. The predicted octanol–water partition coefficient (Wildman–Crippen LogP) is 7.73. The van der Waals surface area contributed by atoms with Crippen LogP contribution in [-0.2, 0) is 0 Å². The highest BCUT2D eigenvalue weighted by molar-refractivity contribution is 9.10. The highest BCUT2D eigenvalue weighted by Gasteiger charge is 2.15. The molecule has 0 spiro atoms. The number of rotatable bonds is 5. The molecule has 4 aromatic rings. The molecule has 1 N–H and O–H groups in total. The third-order valence-electron chi connectivity index (χ3n) is 4.36. The number of thiazole rings is 1. The summed E-state index contributed by atoms with van der Waals surface area (Å²) in [6, 6.07) is 26.1. The summed E-state index contributed by atoms with van der Waals surface area (Å²) in [5.41, 5.74) is 8.13. The molecular formula is C23H17BrClN3S. The summed E-state index contributed by atoms with van der Waals surface area (Å²) in [6.07, 6.45) is 0. The van der Waals surface area contributed by atoms with Crippen LogP contribution in [0.25, 0.3) is 21.7 Å². The minimum Gasteiger partial charge on any atom is -0.252 e. The monoisotopic (exact) mass is 481 g/mol. The molecule has 0 aliphatic rings. The number of benzene rings is 3. The van der Waals surface area contributed by atoms with E-state index < -0.39 is 0 Å². The van der Waals surface area contributed by atoms with Crippen LogP contribution in [0.4, 0.5) is 5.13 Å². The lowest BCUT2D eigenvalue weighted by Gasteiger charge is -2.02. The van der Waals surface area contributed by atoms with Crippen molar-refractivity contribution in [3.63, 3.8) is 0 Å². The molecule has 0 unspecified atom stereocenters. The summed E-state index contributed by atoms with van der Waals surface area (Å²) >= 11 is 11.1. The van der Waals surface area contributed by atoms with Crippen molar-refractivity contribution >= 4 is 49.7 Å². The van der Waals surface area contributed by atoms with Gasteiger partial charge in [0.2, 0.25) is 5.13 Å². The summed E-state index contributed by atoms with van der Waals surface area (Å²) in [6.45, 7) is 1.97. The normalized spacial score (nSPS) is 11.5. The van der Waals surface area contributed by atoms with Gasteiger partial charge < -0.3 is 0 Å². The standard InChI is InChI=1S/C23H17BrClN3S/c1-15(16-7-11-19(24)12-8-16)27-28-23-26-21(17-9-13-20(25)14-10-17)22(29-23)18-5-3-2-4-6-18/h2-14H,1H3,(H,26,28). The van der Waals surface area contributed by atoms with Crippen molar-refractivity contribution in [2.45, 2.75) is 6.92 Å². The maximum Gasteiger partial charge on any atom is 0.204 e. The average Bonchev–Trinajstić information content (AvgIpc) is 3.18. The van der Waals surface area contributed by atoms with Crippen LogP contribution >= 0.6 is 38.9 Å². The van der Waals surface area contributed by atoms with Crippen molar-refractivity contribution in [3.8, 4) is 21.7 Å². The van der Waals surface area contributed by atoms with E-state index in [0.717, 1.165) is 42.6 Å². The maximum absolute atomic E-state index is 6.06. The second-order valence-electron chi connectivity index (χ2n) is 6.39. The Labute approximate surface area is 187 Å². The third kappa shape index (κ3) is 4.75. The molecule has 1 heterocycles. The summed E-state index contributed by atoms with van der Waals surface area (Å²) < 4.78 is 1.04. The maximum atomic E-state index is 6.06. The largest absolute Gasteiger partial charge is 0.252 e. The summed E-state index contributed by atoms with van der Waals surface area (Å²) in [7, 11) is 0. The van der Waals surface area contributed by atoms with Gasteiger partial charge in [0.05, 0.1) is 16.3 Å². The lowest BCUT2D eigenvalue weighted by Crippen LogP contribution is -1.99. The lowest BCUT2D eigenvalue weighted by molar-refractivity contribution is 1.27. The smallest absolute Gasteiger partial charge is 0.204 e. The van der Waals surface area contributed by atoms with Crippen molar-refractivity contribution in [2.24, 2.45) is 5.10 Å². The van der Waals surface area contributed by atoms with Crippen LogP contribution in [0.3, 0.4) is 0 Å². The number of hydrazone groups is 1. The van der Waals surface area contributed by atoms with Gasteiger partial charge >= 0.3 is 0 Å². The molecule has 144 valence electrons. The Morgan fingerprint density at radius 3 is 2.31 bits per heavy atom. The number of nitrogens with zero attached hydrogens (tertiary/aromatic N) is 2. The van der Waals surface area contributed by atoms with E-state index in [2.05, 4.69) is 38.6 Å². The fourth-order valence-electron chi connectivity index (χ4n) is 2.84. The predicted molar refractivity (Wildman–Crippen MR) is 128 cm³/mol. The van der Waals surface area contributed by atoms with Gasteiger partial charge in [-0.05, 0) is 42.3 Å². The number of aromatic nitrogens is 1. The molecule has 29 heavy (non-hydrogen) atoms. The highest BCUT2D eigenvalue weighted by atomic mass is 79.9. The van der Waals surface area contributed by atoms with Crippen molar-refractivity contribution in [1.82, 2.24) is 4.98 Å². The number of nitrogens with one attached hydrogen (secondary N) is 1. The first-order valence-corrected chi connectivity index (χ1v) is 11.0. The van der Waals surface area contributed by atoms with Gasteiger partial charge in [0.25, 0.3) is 0 Å². The molecule has 0 aliphatic carbocycles. The first-order chi connectivity index (χ1) is 14.1. The van der Waals surface area contributed by atoms with Gasteiger partial charge in [-0.25, -0.2) is 4.98 Å². The van der Waals surface area contributed by atoms with Gasteiger partial charge in [-0.1, -0.05) is 93.5 Å². The van der Waals surface area contributed by atoms with Crippen molar-refractivity contribution in [3.05, 3.63) is 93.9 Å². The van der Waals surface area contributed by atoms with Gasteiger partial charge in [-0.2, -0.15) is 5.10 Å². The molecule has 0 aliphatic heterocycles. The van der Waals surface area contributed by atoms with Gasteiger partial charge in [0.1, 0.15) is 0 Å². The Kier molecular flexibility index (Phi) is 6.09. The molecule has 0 saturated heterocycles. The first kappa shape index (κ1) is 19.8. The zero-order valence-electron chi connectivity index (χ0n) is 15.6. The van der Waals surface area contributed by atoms with Crippen LogP contribution in [0, 0.1) is 0 Å². The molecule has 0 atom stereocenters. The van der Waals surface area contributed by atoms with E-state index in [0.29, 0.717) is 5.02 Å². The van der Waals surface area contributed by atoms with Gasteiger partial charge in [0.15, 0.2) is 0 Å². The molecule has 0 saturated carbocycles. The van der Waals surface area contributed by atoms with E-state index in [-0.39, 0.29) is 0 Å². The second-order valence-corrected chi connectivity index (χ2v) is 8.74. The molecule has 1 aromatic heterocycles. The average molecular weight is 483 g/mol. The van der Waals surface area contributed by atoms with Crippen LogP contribution in [-0.4, -0.2) is 10.7 Å². The van der Waals surface area contributed by atoms with E-state index in [4.69, 9.17) is 16.6 Å². The topological polar surface area (TPSA) is 37.3 Å². The van der Waals surface area contributed by atoms with Crippen molar-refractivity contribution in [2.75, 3.05) is 5.43 Å². The van der Waals surface area contributed by atoms with Gasteiger partial charge in [-0.15, -0.1) is 0 Å². The Balaban J connectivity index is 1.68. The first-order valence-electron chi connectivity index (χ1n) is 8.98. The Morgan fingerprint density at radius 1 is 0.931 bits per heavy atom. The van der Waals surface area contributed by atoms with E-state index in [1.165, 1.54) is 0 Å². The summed E-state index contributed by atoms with van der Waals surface area (Å²) in [5.74, 6) is 0. The fourth-order valence-corrected chi connectivity index (χ4v) is 4.17. The van der Waals surface area contributed by atoms with E-state index in [1.54, 1.807) is 11.3 Å². The zero-order chi connectivity index (χ0) is 20.2. The summed E-state index contributed by atoms with van der Waals surface area (Å²) in [5, 5.41) is 5.98. The minimum absolute atomic E-state index is 0.707. The van der Waals surface area contributed by atoms with Crippen LogP contribution in [0.5, 0.6) is 0 Å². The zero-order valence-corrected chi connectivity index (χ0v) is 18.7. The van der Waals surface area contributed by atoms with E-state index >= 15 is 0 Å². The molecule has 0 fully saturated rings. The summed E-state index contributed by atoms with van der Waals surface area (Å²) in [4.78, 5) is 5.91. The highest BCUT2D eigenvalue weighted by Crippen LogP contribution is 2.39. The Hall–Kier alpha value is -2.47. The van der Waals surface area contributed by atoms with Crippen LogP contribution in [0.15, 0.2) is 88.4 Å². The van der Waals surface area contributed by atoms with Gasteiger partial charge in [0, 0.05) is 15.1 Å². The lowest BCUT2D eigenvalue weighted by atomic mass is 10.1. The number of anilines is 1. The second kappa shape index (κ2) is 8.91. The third-order valence-corrected chi connectivity index (χ3v) is 6.15. The Bertz CT molecular complexity index is 1140. The molecule has 3 nitrogen and oxygen atoms in total. The van der Waals surface area contributed by atoms with Crippen LogP contribution in [0.1, 0.15) is 12.5 Å². The number of hydrogen-bond acceptors (Lipinski definition) is 4. The minimum atomic E-state index is 0.707. The van der Waals surface area contributed by atoms with Crippen LogP contribution < -0.4 is 5.43 Å². The van der Waals surface area contributed by atoms with Gasteiger partial charge in [-0.3, -0.25) is 5.43 Å². The van der Waals surface area contributed by atoms with Crippen LogP contribution in [0.2, 0.25) is 5.02 Å². The molecule has 3 aromatic carbocycles. The van der Waals surface area contributed by atoms with Crippen molar-refractivity contribution < 1.29 is 0 Å². The van der Waals surface area contributed by atoms with E-state index in [1.807, 2.05) is 73.7 Å². The molecule has 0 radical (unpaired) electrons. The van der Waals surface area contributed by atoms with Crippen molar-refractivity contribution in [1.29, 1.82) is 0 Å². The molecule has 4 rings (SSSR count). The molecular weight excluding hydrogens is 466 g/mol. The SMILES string of the molecule is CC(=NNc1nc(-c2ccc(Cl)cc2)c(-c2ccccc2)s1)c1ccc(Br)cc1. The molecule has 0 bridgehead atoms.